The van der Waals surface area contributed by atoms with Crippen LogP contribution in [-0.2, 0) is 9.53 Å². The molecule has 0 bridgehead atoms. The van der Waals surface area contributed by atoms with Crippen molar-refractivity contribution < 1.29 is 23.9 Å². The first-order chi connectivity index (χ1) is 15.6. The number of alkyl carbamates (subject to hydrolysis) is 1. The van der Waals surface area contributed by atoms with Crippen molar-refractivity contribution in [2.75, 3.05) is 38.2 Å². The number of nitrogens with one attached hydrogen (secondary N) is 2. The summed E-state index contributed by atoms with van der Waals surface area (Å²) in [6.45, 7) is 9.34. The summed E-state index contributed by atoms with van der Waals surface area (Å²) < 4.78 is 10.5. The lowest BCUT2D eigenvalue weighted by atomic mass is 10.00. The van der Waals surface area contributed by atoms with E-state index in [4.69, 9.17) is 16.3 Å². The van der Waals surface area contributed by atoms with Crippen LogP contribution in [0.5, 0.6) is 5.75 Å². The number of nitrogens with zero attached hydrogens (tertiary/aromatic N) is 2. The number of hydrogen-bond acceptors (Lipinski definition) is 6. The van der Waals surface area contributed by atoms with Crippen molar-refractivity contribution in [2.45, 2.75) is 58.2 Å². The molecule has 0 unspecified atom stereocenters. The molecule has 190 valence electrons. The van der Waals surface area contributed by atoms with Crippen LogP contribution in [0, 0.1) is 0 Å². The van der Waals surface area contributed by atoms with Gasteiger partial charge in [-0.3, -0.25) is 9.59 Å². The summed E-state index contributed by atoms with van der Waals surface area (Å²) in [5.41, 5.74) is -0.355. The Morgan fingerprint density at radius 3 is 2.68 bits per heavy atom. The number of hydrogen-bond donors (Lipinski definition) is 2. The molecule has 1 aromatic carbocycles. The van der Waals surface area contributed by atoms with E-state index in [-0.39, 0.29) is 54.4 Å². The van der Waals surface area contributed by atoms with Gasteiger partial charge in [-0.1, -0.05) is 11.6 Å². The van der Waals surface area contributed by atoms with E-state index < -0.39 is 11.7 Å². The third-order valence-corrected chi connectivity index (χ3v) is 6.25. The molecular weight excluding hydrogens is 483 g/mol. The van der Waals surface area contributed by atoms with Gasteiger partial charge in [0.05, 0.1) is 23.4 Å². The summed E-state index contributed by atoms with van der Waals surface area (Å²) in [4.78, 5) is 41.6. The van der Waals surface area contributed by atoms with Gasteiger partial charge in [-0.25, -0.2) is 4.79 Å². The monoisotopic (exact) mass is 516 g/mol. The molecule has 34 heavy (non-hydrogen) atoms. The van der Waals surface area contributed by atoms with Crippen LogP contribution in [0.15, 0.2) is 12.1 Å². The van der Waals surface area contributed by atoms with Gasteiger partial charge in [-0.05, 0) is 53.1 Å². The predicted octanol–water partition coefficient (Wildman–Crippen LogP) is 3.22. The average molecular weight is 517 g/mol. The molecule has 1 aromatic rings. The molecule has 0 aromatic heterocycles. The lowest BCUT2D eigenvalue weighted by molar-refractivity contribution is -0.132. The van der Waals surface area contributed by atoms with Gasteiger partial charge in [-0.15, -0.1) is 12.4 Å². The molecule has 1 fully saturated rings. The van der Waals surface area contributed by atoms with Crippen molar-refractivity contribution in [3.63, 3.8) is 0 Å². The highest BCUT2D eigenvalue weighted by molar-refractivity contribution is 6.34. The molecule has 1 saturated heterocycles. The minimum Gasteiger partial charge on any atom is -0.476 e. The van der Waals surface area contributed by atoms with Gasteiger partial charge in [0.15, 0.2) is 5.60 Å². The number of halogens is 2. The SMILES string of the molecule is COC(=O)NCCN1C(=O)C(C)(C)Oc2cc(Cl)c(C(=O)N(C(C)C)[C@@H]3CCCNC3)cc21.Cl. The van der Waals surface area contributed by atoms with E-state index in [9.17, 15) is 14.4 Å². The van der Waals surface area contributed by atoms with Crippen LogP contribution in [0.2, 0.25) is 5.02 Å². The van der Waals surface area contributed by atoms with Crippen LogP contribution < -0.4 is 20.3 Å². The van der Waals surface area contributed by atoms with Crippen molar-refractivity contribution >= 4 is 47.6 Å². The molecule has 2 heterocycles. The van der Waals surface area contributed by atoms with Crippen LogP contribution >= 0.6 is 24.0 Å². The van der Waals surface area contributed by atoms with E-state index in [0.29, 0.717) is 17.0 Å². The summed E-state index contributed by atoms with van der Waals surface area (Å²) in [7, 11) is 1.27. The Labute approximate surface area is 211 Å². The first-order valence-corrected chi connectivity index (χ1v) is 11.6. The lowest BCUT2D eigenvalue weighted by Crippen LogP contribution is -2.54. The Bertz CT molecular complexity index is 919. The number of piperidine rings is 1. The minimum atomic E-state index is -1.12. The third-order valence-electron chi connectivity index (χ3n) is 5.94. The van der Waals surface area contributed by atoms with Gasteiger partial charge in [0.25, 0.3) is 11.8 Å². The third kappa shape index (κ3) is 5.87. The second-order valence-electron chi connectivity index (χ2n) is 9.09. The summed E-state index contributed by atoms with van der Waals surface area (Å²) in [5, 5.41) is 6.20. The van der Waals surface area contributed by atoms with E-state index in [1.807, 2.05) is 18.7 Å². The van der Waals surface area contributed by atoms with Gasteiger partial charge in [0.1, 0.15) is 5.75 Å². The Morgan fingerprint density at radius 1 is 1.38 bits per heavy atom. The number of benzene rings is 1. The van der Waals surface area contributed by atoms with Crippen LogP contribution in [0.1, 0.15) is 50.9 Å². The van der Waals surface area contributed by atoms with Crippen LogP contribution in [-0.4, -0.2) is 73.8 Å². The second kappa shape index (κ2) is 11.5. The van der Waals surface area contributed by atoms with E-state index in [2.05, 4.69) is 15.4 Å². The lowest BCUT2D eigenvalue weighted by Gasteiger charge is -2.40. The predicted molar refractivity (Wildman–Crippen MR) is 133 cm³/mol. The summed E-state index contributed by atoms with van der Waals surface area (Å²) in [5.74, 6) is -0.0503. The fraction of sp³-hybridized carbons (Fsp3) is 0.609. The number of carbonyl (C=O) groups excluding carboxylic acids is 3. The number of methoxy groups -OCH3 is 1. The molecule has 2 N–H and O–H groups in total. The van der Waals surface area contributed by atoms with Gasteiger partial charge in [-0.2, -0.15) is 0 Å². The molecule has 1 atom stereocenters. The molecule has 2 aliphatic rings. The molecule has 0 saturated carbocycles. The Balaban J connectivity index is 0.00000408. The van der Waals surface area contributed by atoms with Gasteiger partial charge in [0.2, 0.25) is 0 Å². The standard InChI is InChI=1S/C23H33ClN4O5.ClH/c1-14(2)28(15-7-6-8-25-13-15)20(29)16-11-18-19(12-17(16)24)33-23(3,4)21(30)27(18)10-9-26-22(31)32-5;/h11-12,14-15,25H,6-10,13H2,1-5H3,(H,26,31);1H/t15-;/m1./s1. The van der Waals surface area contributed by atoms with Crippen molar-refractivity contribution in [1.29, 1.82) is 0 Å². The molecular formula is C23H34Cl2N4O5. The Hall–Kier alpha value is -2.23. The fourth-order valence-corrected chi connectivity index (χ4v) is 4.58. The first kappa shape index (κ1) is 28.0. The van der Waals surface area contributed by atoms with E-state index in [1.54, 1.807) is 26.0 Å². The number of ether oxygens (including phenoxy) is 2. The molecule has 3 amide bonds. The summed E-state index contributed by atoms with van der Waals surface area (Å²) in [6, 6.07) is 3.26. The van der Waals surface area contributed by atoms with Gasteiger partial charge >= 0.3 is 6.09 Å². The summed E-state index contributed by atoms with van der Waals surface area (Å²) in [6.07, 6.45) is 1.33. The molecule has 11 heteroatoms. The fourth-order valence-electron chi connectivity index (χ4n) is 4.35. The van der Waals surface area contributed by atoms with Crippen molar-refractivity contribution in [3.05, 3.63) is 22.7 Å². The normalized spacial score (nSPS) is 19.0. The molecule has 9 nitrogen and oxygen atoms in total. The first-order valence-electron chi connectivity index (χ1n) is 11.3. The minimum absolute atomic E-state index is 0. The zero-order valence-electron chi connectivity index (χ0n) is 20.3. The van der Waals surface area contributed by atoms with Gasteiger partial charge < -0.3 is 29.9 Å². The maximum Gasteiger partial charge on any atom is 0.406 e. The zero-order valence-corrected chi connectivity index (χ0v) is 21.8. The number of amides is 3. The maximum atomic E-state index is 13.6. The number of carbonyl (C=O) groups is 3. The quantitative estimate of drug-likeness (QED) is 0.601. The summed E-state index contributed by atoms with van der Waals surface area (Å²) >= 11 is 6.57. The number of anilines is 1. The van der Waals surface area contributed by atoms with Crippen LogP contribution in [0.25, 0.3) is 0 Å². The molecule has 0 radical (unpaired) electrons. The molecule has 0 aliphatic carbocycles. The Kier molecular flexibility index (Phi) is 9.45. The van der Waals surface area contributed by atoms with Crippen molar-refractivity contribution in [2.24, 2.45) is 0 Å². The van der Waals surface area contributed by atoms with Crippen LogP contribution in [0.3, 0.4) is 0 Å². The topological polar surface area (TPSA) is 100 Å². The largest absolute Gasteiger partial charge is 0.476 e. The Morgan fingerprint density at radius 2 is 2.09 bits per heavy atom. The van der Waals surface area contributed by atoms with E-state index in [1.165, 1.54) is 12.0 Å². The number of rotatable bonds is 6. The second-order valence-corrected chi connectivity index (χ2v) is 9.50. The average Bonchev–Trinajstić information content (AvgIpc) is 2.76. The van der Waals surface area contributed by atoms with E-state index >= 15 is 0 Å². The van der Waals surface area contributed by atoms with Gasteiger partial charge in [0, 0.05) is 37.8 Å². The maximum absolute atomic E-state index is 13.6. The zero-order chi connectivity index (χ0) is 24.3. The van der Waals surface area contributed by atoms with E-state index in [0.717, 1.165) is 25.9 Å². The molecule has 0 spiro atoms. The van der Waals surface area contributed by atoms with Crippen LogP contribution in [0.4, 0.5) is 10.5 Å². The smallest absolute Gasteiger partial charge is 0.406 e. The van der Waals surface area contributed by atoms with Crippen molar-refractivity contribution in [1.82, 2.24) is 15.5 Å². The highest BCUT2D eigenvalue weighted by Gasteiger charge is 2.42. The highest BCUT2D eigenvalue weighted by atomic mass is 35.5. The molecule has 3 rings (SSSR count). The highest BCUT2D eigenvalue weighted by Crippen LogP contribution is 2.41. The number of fused-ring (bicyclic) bond motifs is 1. The molecule has 2 aliphatic heterocycles. The van der Waals surface area contributed by atoms with Crippen molar-refractivity contribution in [3.8, 4) is 5.75 Å².